The summed E-state index contributed by atoms with van der Waals surface area (Å²) in [5.41, 5.74) is 7.97. The molecule has 0 heterocycles. The first kappa shape index (κ1) is 15.0. The highest BCUT2D eigenvalue weighted by atomic mass is 79.9. The Kier molecular flexibility index (Phi) is 4.78. The van der Waals surface area contributed by atoms with E-state index in [4.69, 9.17) is 10.5 Å². The molecule has 2 rings (SSSR count). The predicted octanol–water partition coefficient (Wildman–Crippen LogP) is 4.58. The van der Waals surface area contributed by atoms with E-state index in [1.54, 1.807) is 12.1 Å². The number of benzene rings is 2. The lowest BCUT2D eigenvalue weighted by molar-refractivity contribution is 0.475. The third kappa shape index (κ3) is 3.81. The van der Waals surface area contributed by atoms with Crippen LogP contribution in [0.2, 0.25) is 0 Å². The fourth-order valence-electron chi connectivity index (χ4n) is 1.92. The van der Waals surface area contributed by atoms with Crippen LogP contribution in [0.3, 0.4) is 0 Å². The van der Waals surface area contributed by atoms with Gasteiger partial charge in [0, 0.05) is 6.04 Å². The Balaban J connectivity index is 2.25. The normalized spacial score (nSPS) is 12.2. The van der Waals surface area contributed by atoms with Crippen LogP contribution in [-0.4, -0.2) is 6.04 Å². The summed E-state index contributed by atoms with van der Waals surface area (Å²) < 4.78 is 19.4. The molecule has 1 atom stereocenters. The van der Waals surface area contributed by atoms with E-state index in [9.17, 15) is 4.39 Å². The molecular weight excluding hydrogens is 321 g/mol. The number of aryl methyl sites for hydroxylation is 1. The van der Waals surface area contributed by atoms with Gasteiger partial charge in [0.15, 0.2) is 0 Å². The molecule has 2 nitrogen and oxygen atoms in total. The van der Waals surface area contributed by atoms with E-state index < -0.39 is 0 Å². The van der Waals surface area contributed by atoms with Crippen molar-refractivity contribution in [3.05, 3.63) is 57.8 Å². The summed E-state index contributed by atoms with van der Waals surface area (Å²) in [6, 6.07) is 10.7. The Morgan fingerprint density at radius 3 is 2.65 bits per heavy atom. The molecule has 0 aliphatic heterocycles. The molecule has 0 spiro atoms. The van der Waals surface area contributed by atoms with Crippen LogP contribution < -0.4 is 10.5 Å². The smallest absolute Gasteiger partial charge is 0.137 e. The van der Waals surface area contributed by atoms with Crippen LogP contribution >= 0.6 is 15.9 Å². The van der Waals surface area contributed by atoms with Crippen molar-refractivity contribution in [1.29, 1.82) is 0 Å². The maximum Gasteiger partial charge on any atom is 0.137 e. The van der Waals surface area contributed by atoms with Crippen molar-refractivity contribution in [3.8, 4) is 11.5 Å². The number of ether oxygens (including phenoxy) is 1. The van der Waals surface area contributed by atoms with Crippen molar-refractivity contribution < 1.29 is 9.13 Å². The molecule has 0 fully saturated rings. The second-order valence-corrected chi connectivity index (χ2v) is 5.81. The molecule has 0 saturated heterocycles. The quantitative estimate of drug-likeness (QED) is 0.886. The van der Waals surface area contributed by atoms with E-state index in [0.29, 0.717) is 10.2 Å². The minimum Gasteiger partial charge on any atom is -0.457 e. The Labute approximate surface area is 126 Å². The van der Waals surface area contributed by atoms with E-state index in [0.717, 1.165) is 23.3 Å². The van der Waals surface area contributed by atoms with Crippen LogP contribution in [-0.2, 0) is 6.42 Å². The summed E-state index contributed by atoms with van der Waals surface area (Å²) in [5.74, 6) is 1.06. The molecule has 1 unspecified atom stereocenters. The summed E-state index contributed by atoms with van der Waals surface area (Å²) >= 11 is 3.15. The fraction of sp³-hybridized carbons (Fsp3) is 0.250. The minimum absolute atomic E-state index is 0.102. The molecular formula is C16H17BrFNO. The van der Waals surface area contributed by atoms with E-state index in [1.807, 2.05) is 32.0 Å². The summed E-state index contributed by atoms with van der Waals surface area (Å²) in [7, 11) is 0. The van der Waals surface area contributed by atoms with Gasteiger partial charge in [-0.1, -0.05) is 12.1 Å². The molecule has 2 N–H and O–H groups in total. The maximum absolute atomic E-state index is 13.2. The average Bonchev–Trinajstić information content (AvgIpc) is 2.37. The molecule has 106 valence electrons. The van der Waals surface area contributed by atoms with Gasteiger partial charge in [0.05, 0.1) is 4.47 Å². The predicted molar refractivity (Wildman–Crippen MR) is 82.7 cm³/mol. The molecule has 2 aromatic rings. The Hall–Kier alpha value is -1.39. The molecule has 0 aromatic heterocycles. The first-order chi connectivity index (χ1) is 9.45. The Bertz CT molecular complexity index is 613. The summed E-state index contributed by atoms with van der Waals surface area (Å²) in [5, 5.41) is 0. The summed E-state index contributed by atoms with van der Waals surface area (Å²) in [6.07, 6.45) is 0.795. The van der Waals surface area contributed by atoms with Gasteiger partial charge < -0.3 is 10.5 Å². The lowest BCUT2D eigenvalue weighted by atomic mass is 10.1. The van der Waals surface area contributed by atoms with Crippen molar-refractivity contribution >= 4 is 15.9 Å². The van der Waals surface area contributed by atoms with Gasteiger partial charge in [0.25, 0.3) is 0 Å². The van der Waals surface area contributed by atoms with Crippen LogP contribution in [0.15, 0.2) is 40.9 Å². The van der Waals surface area contributed by atoms with Gasteiger partial charge in [-0.15, -0.1) is 0 Å². The highest BCUT2D eigenvalue weighted by Crippen LogP contribution is 2.29. The monoisotopic (exact) mass is 337 g/mol. The van der Waals surface area contributed by atoms with Gasteiger partial charge in [0.1, 0.15) is 17.3 Å². The fourth-order valence-corrected chi connectivity index (χ4v) is 2.28. The van der Waals surface area contributed by atoms with Gasteiger partial charge in [-0.3, -0.25) is 0 Å². The molecule has 20 heavy (non-hydrogen) atoms. The second-order valence-electron chi connectivity index (χ2n) is 4.96. The molecule has 0 aliphatic carbocycles. The van der Waals surface area contributed by atoms with Crippen molar-refractivity contribution in [1.82, 2.24) is 0 Å². The SMILES string of the molecule is Cc1ccc(CC(C)N)cc1Oc1ccc(F)c(Br)c1. The molecule has 0 saturated carbocycles. The van der Waals surface area contributed by atoms with Crippen molar-refractivity contribution in [3.63, 3.8) is 0 Å². The van der Waals surface area contributed by atoms with Crippen LogP contribution in [0.5, 0.6) is 11.5 Å². The van der Waals surface area contributed by atoms with E-state index in [-0.39, 0.29) is 11.9 Å². The number of nitrogens with two attached hydrogens (primary N) is 1. The van der Waals surface area contributed by atoms with Crippen molar-refractivity contribution in [2.75, 3.05) is 0 Å². The zero-order valence-electron chi connectivity index (χ0n) is 11.5. The molecule has 0 aliphatic rings. The van der Waals surface area contributed by atoms with Crippen molar-refractivity contribution in [2.24, 2.45) is 5.73 Å². The lowest BCUT2D eigenvalue weighted by Gasteiger charge is -2.12. The van der Waals surface area contributed by atoms with Gasteiger partial charge in [-0.05, 0) is 71.6 Å². The van der Waals surface area contributed by atoms with Crippen LogP contribution in [0.25, 0.3) is 0 Å². The highest BCUT2D eigenvalue weighted by Gasteiger charge is 2.07. The van der Waals surface area contributed by atoms with Crippen LogP contribution in [0.1, 0.15) is 18.1 Å². The largest absolute Gasteiger partial charge is 0.457 e. The summed E-state index contributed by atoms with van der Waals surface area (Å²) in [4.78, 5) is 0. The maximum atomic E-state index is 13.2. The highest BCUT2D eigenvalue weighted by molar-refractivity contribution is 9.10. The number of hydrogen-bond donors (Lipinski definition) is 1. The lowest BCUT2D eigenvalue weighted by Crippen LogP contribution is -2.17. The molecule has 2 aromatic carbocycles. The zero-order valence-corrected chi connectivity index (χ0v) is 13.1. The first-order valence-electron chi connectivity index (χ1n) is 6.43. The second kappa shape index (κ2) is 6.37. The standard InChI is InChI=1S/C16H17BrFNO/c1-10-3-4-12(7-11(2)19)8-16(10)20-13-5-6-15(18)14(17)9-13/h3-6,8-9,11H,7,19H2,1-2H3. The Morgan fingerprint density at radius 2 is 2.00 bits per heavy atom. The van der Waals surface area contributed by atoms with E-state index >= 15 is 0 Å². The van der Waals surface area contributed by atoms with Crippen LogP contribution in [0, 0.1) is 12.7 Å². The zero-order chi connectivity index (χ0) is 14.7. The Morgan fingerprint density at radius 1 is 1.25 bits per heavy atom. The molecule has 0 radical (unpaired) electrons. The third-order valence-corrected chi connectivity index (χ3v) is 3.54. The molecule has 4 heteroatoms. The number of hydrogen-bond acceptors (Lipinski definition) is 2. The van der Waals surface area contributed by atoms with Crippen molar-refractivity contribution in [2.45, 2.75) is 26.3 Å². The molecule has 0 bridgehead atoms. The van der Waals surface area contributed by atoms with Gasteiger partial charge in [-0.2, -0.15) is 0 Å². The van der Waals surface area contributed by atoms with E-state index in [1.165, 1.54) is 6.07 Å². The third-order valence-electron chi connectivity index (χ3n) is 2.93. The number of rotatable bonds is 4. The van der Waals surface area contributed by atoms with E-state index in [2.05, 4.69) is 15.9 Å². The van der Waals surface area contributed by atoms with Gasteiger partial charge in [0.2, 0.25) is 0 Å². The van der Waals surface area contributed by atoms with Gasteiger partial charge >= 0.3 is 0 Å². The van der Waals surface area contributed by atoms with Gasteiger partial charge in [-0.25, -0.2) is 4.39 Å². The average molecular weight is 338 g/mol. The minimum atomic E-state index is -0.306. The number of halogens is 2. The van der Waals surface area contributed by atoms with Crippen LogP contribution in [0.4, 0.5) is 4.39 Å². The topological polar surface area (TPSA) is 35.2 Å². The summed E-state index contributed by atoms with van der Waals surface area (Å²) in [6.45, 7) is 3.95. The molecule has 0 amide bonds. The first-order valence-corrected chi connectivity index (χ1v) is 7.23.